The topological polar surface area (TPSA) is 144 Å². The quantitative estimate of drug-likeness (QED) is 0.410. The molecule has 0 aromatic carbocycles. The van der Waals surface area contributed by atoms with Crippen molar-refractivity contribution in [1.29, 1.82) is 10.5 Å². The molecule has 1 N–H and O–H groups in total. The summed E-state index contributed by atoms with van der Waals surface area (Å²) in [5.41, 5.74) is 5.28. The van der Waals surface area contributed by atoms with E-state index in [4.69, 9.17) is 10.2 Å². The Hall–Kier alpha value is -4.00. The number of hydrogen-bond donors (Lipinski definition) is 1. The molecule has 188 valence electrons. The smallest absolute Gasteiger partial charge is 0.228 e. The van der Waals surface area contributed by atoms with Crippen LogP contribution in [-0.2, 0) is 15.6 Å². The Labute approximate surface area is 218 Å². The van der Waals surface area contributed by atoms with Gasteiger partial charge in [0, 0.05) is 49.9 Å². The van der Waals surface area contributed by atoms with Crippen LogP contribution in [0, 0.1) is 22.7 Å². The van der Waals surface area contributed by atoms with E-state index in [1.54, 1.807) is 30.1 Å². The SMILES string of the molecule is CCS(=O)(=O)N1CC(CC#N)(n2cc(-c3nc(NC4=CN(CCC#N)C=C=C4)nc4ccsc34)cn2)C1. The Bertz CT molecular complexity index is 1630. The number of thiophene rings is 1. The van der Waals surface area contributed by atoms with Crippen LogP contribution >= 0.6 is 11.3 Å². The van der Waals surface area contributed by atoms with Gasteiger partial charge >= 0.3 is 0 Å². The molecule has 3 aromatic heterocycles. The predicted molar refractivity (Wildman–Crippen MR) is 139 cm³/mol. The van der Waals surface area contributed by atoms with Crippen LogP contribution < -0.4 is 5.32 Å². The van der Waals surface area contributed by atoms with Crippen LogP contribution in [0.1, 0.15) is 19.8 Å². The summed E-state index contributed by atoms with van der Waals surface area (Å²) < 4.78 is 28.6. The van der Waals surface area contributed by atoms with Gasteiger partial charge in [0.1, 0.15) is 5.54 Å². The van der Waals surface area contributed by atoms with E-state index in [0.29, 0.717) is 24.6 Å². The highest BCUT2D eigenvalue weighted by Gasteiger charge is 2.49. The highest BCUT2D eigenvalue weighted by Crippen LogP contribution is 2.37. The second-order valence-electron chi connectivity index (χ2n) is 8.73. The van der Waals surface area contributed by atoms with Crippen LogP contribution in [0.2, 0.25) is 0 Å². The largest absolute Gasteiger partial charge is 0.344 e. The van der Waals surface area contributed by atoms with Crippen molar-refractivity contribution in [1.82, 2.24) is 29.0 Å². The lowest BCUT2D eigenvalue weighted by molar-refractivity contribution is 0.0719. The number of allylic oxidation sites excluding steroid dienone is 1. The fraction of sp³-hybridized carbons (Fsp3) is 0.333. The number of nitrogens with zero attached hydrogens (tertiary/aromatic N) is 8. The van der Waals surface area contributed by atoms with Gasteiger partial charge in [0.05, 0.1) is 58.5 Å². The molecule has 0 spiro atoms. The van der Waals surface area contributed by atoms with Crippen molar-refractivity contribution in [2.45, 2.75) is 25.3 Å². The summed E-state index contributed by atoms with van der Waals surface area (Å²) in [6.45, 7) is 2.58. The number of hydrogen-bond acceptors (Lipinski definition) is 10. The molecule has 11 nitrogen and oxygen atoms in total. The molecular weight excluding hydrogens is 510 g/mol. The maximum atomic E-state index is 12.3. The summed E-state index contributed by atoms with van der Waals surface area (Å²) in [5.74, 6) is 0.417. The second-order valence-corrected chi connectivity index (χ2v) is 11.9. The first-order valence-corrected chi connectivity index (χ1v) is 14.1. The van der Waals surface area contributed by atoms with Crippen molar-refractivity contribution in [3.8, 4) is 23.4 Å². The Kier molecular flexibility index (Phi) is 6.54. The summed E-state index contributed by atoms with van der Waals surface area (Å²) in [5, 5.41) is 28.0. The molecule has 0 atom stereocenters. The summed E-state index contributed by atoms with van der Waals surface area (Å²) in [4.78, 5) is 11.3. The molecule has 2 aliphatic heterocycles. The number of sulfonamides is 1. The summed E-state index contributed by atoms with van der Waals surface area (Å²) in [6.07, 6.45) is 9.47. The minimum Gasteiger partial charge on any atom is -0.344 e. The summed E-state index contributed by atoms with van der Waals surface area (Å²) in [7, 11) is -3.33. The standard InChI is InChI=1S/C24H23N9O2S2/c1-2-37(34,35)32-16-24(17-32,7-9-26)33-14-18(13-27-33)21-22-20(6-12-36-22)29-23(30-21)28-19-5-3-10-31(15-19)11-4-8-25/h5-6,10,12-15H,2,4,7,11,16-17H2,1H3,(H,28,29,30). The molecule has 13 heteroatoms. The number of rotatable bonds is 9. The molecule has 37 heavy (non-hydrogen) atoms. The molecule has 0 aliphatic carbocycles. The summed E-state index contributed by atoms with van der Waals surface area (Å²) >= 11 is 1.52. The number of fused-ring (bicyclic) bond motifs is 1. The highest BCUT2D eigenvalue weighted by molar-refractivity contribution is 7.89. The number of nitrogens with one attached hydrogen (secondary N) is 1. The zero-order valence-electron chi connectivity index (χ0n) is 20.0. The van der Waals surface area contributed by atoms with Gasteiger partial charge in [0.15, 0.2) is 0 Å². The molecule has 1 saturated heterocycles. The van der Waals surface area contributed by atoms with Crippen LogP contribution in [-0.4, -0.2) is 62.8 Å². The number of aromatic nitrogens is 4. The molecule has 1 fully saturated rings. The van der Waals surface area contributed by atoms with Gasteiger partial charge in [0.25, 0.3) is 0 Å². The van der Waals surface area contributed by atoms with Crippen LogP contribution in [0.3, 0.4) is 0 Å². The lowest BCUT2D eigenvalue weighted by atomic mass is 9.89. The second kappa shape index (κ2) is 9.81. The third kappa shape index (κ3) is 4.73. The van der Waals surface area contributed by atoms with E-state index < -0.39 is 15.6 Å². The van der Waals surface area contributed by atoms with Crippen molar-refractivity contribution in [2.24, 2.45) is 0 Å². The number of anilines is 1. The van der Waals surface area contributed by atoms with E-state index >= 15 is 0 Å². The fourth-order valence-corrected chi connectivity index (χ4v) is 6.36. The van der Waals surface area contributed by atoms with Gasteiger partial charge < -0.3 is 10.2 Å². The zero-order valence-corrected chi connectivity index (χ0v) is 21.6. The first kappa shape index (κ1) is 24.7. The number of nitriles is 2. The van der Waals surface area contributed by atoms with Gasteiger partial charge in [-0.15, -0.1) is 17.1 Å². The molecule has 0 saturated carbocycles. The van der Waals surface area contributed by atoms with Gasteiger partial charge in [-0.2, -0.15) is 19.9 Å². The maximum Gasteiger partial charge on any atom is 0.228 e. The average Bonchev–Trinajstić information content (AvgIpc) is 3.54. The van der Waals surface area contributed by atoms with Gasteiger partial charge in [-0.05, 0) is 18.4 Å². The monoisotopic (exact) mass is 533 g/mol. The van der Waals surface area contributed by atoms with Crippen LogP contribution in [0.4, 0.5) is 5.95 Å². The highest BCUT2D eigenvalue weighted by atomic mass is 32.2. The third-order valence-electron chi connectivity index (χ3n) is 6.28. The van der Waals surface area contributed by atoms with E-state index in [1.165, 1.54) is 15.6 Å². The van der Waals surface area contributed by atoms with E-state index in [2.05, 4.69) is 33.3 Å². The Morgan fingerprint density at radius 3 is 2.86 bits per heavy atom. The molecular formula is C24H23N9O2S2. The zero-order chi connectivity index (χ0) is 26.0. The summed E-state index contributed by atoms with van der Waals surface area (Å²) in [6, 6.07) is 6.24. The molecule has 0 unspecified atom stereocenters. The van der Waals surface area contributed by atoms with E-state index in [0.717, 1.165) is 21.5 Å². The molecule has 0 amide bonds. The van der Waals surface area contributed by atoms with E-state index in [-0.39, 0.29) is 25.3 Å². The van der Waals surface area contributed by atoms with Crippen molar-refractivity contribution >= 4 is 37.5 Å². The minimum atomic E-state index is -3.33. The van der Waals surface area contributed by atoms with Gasteiger partial charge in [0.2, 0.25) is 16.0 Å². The van der Waals surface area contributed by atoms with Crippen molar-refractivity contribution in [2.75, 3.05) is 30.7 Å². The Morgan fingerprint density at radius 1 is 1.27 bits per heavy atom. The van der Waals surface area contributed by atoms with Crippen LogP contribution in [0.15, 0.2) is 53.7 Å². The maximum absolute atomic E-state index is 12.3. The predicted octanol–water partition coefficient (Wildman–Crippen LogP) is 2.98. The molecule has 5 heterocycles. The van der Waals surface area contributed by atoms with E-state index in [9.17, 15) is 13.7 Å². The molecule has 5 rings (SSSR count). The van der Waals surface area contributed by atoms with E-state index in [1.807, 2.05) is 28.7 Å². The normalized spacial score (nSPS) is 16.7. The van der Waals surface area contributed by atoms with Crippen LogP contribution in [0.25, 0.3) is 21.5 Å². The van der Waals surface area contributed by atoms with Crippen molar-refractivity contribution < 1.29 is 8.42 Å². The minimum absolute atomic E-state index is 0.0184. The van der Waals surface area contributed by atoms with Crippen molar-refractivity contribution in [3.63, 3.8) is 0 Å². The molecule has 0 radical (unpaired) electrons. The average molecular weight is 534 g/mol. The lowest BCUT2D eigenvalue weighted by Crippen LogP contribution is -2.64. The molecule has 2 aliphatic rings. The first-order chi connectivity index (χ1) is 17.9. The molecule has 3 aromatic rings. The molecule has 0 bridgehead atoms. The van der Waals surface area contributed by atoms with Gasteiger partial charge in [-0.25, -0.2) is 18.4 Å². The van der Waals surface area contributed by atoms with Gasteiger partial charge in [-0.1, -0.05) is 0 Å². The van der Waals surface area contributed by atoms with Crippen LogP contribution in [0.5, 0.6) is 0 Å². The lowest BCUT2D eigenvalue weighted by Gasteiger charge is -2.47. The Morgan fingerprint density at radius 2 is 2.11 bits per heavy atom. The first-order valence-electron chi connectivity index (χ1n) is 11.6. The fourth-order valence-electron chi connectivity index (χ4n) is 4.28. The van der Waals surface area contributed by atoms with Crippen molar-refractivity contribution in [3.05, 3.63) is 53.7 Å². The Balaban J connectivity index is 1.45. The third-order valence-corrected chi connectivity index (χ3v) is 8.96. The van der Waals surface area contributed by atoms with Gasteiger partial charge in [-0.3, -0.25) is 4.68 Å².